The number of para-hydroxylation sites is 2. The van der Waals surface area contributed by atoms with Crippen LogP contribution in [0, 0.1) is 11.6 Å². The molecule has 28 heavy (non-hydrogen) atoms. The zero-order valence-corrected chi connectivity index (χ0v) is 15.6. The minimum atomic E-state index is -0.885. The van der Waals surface area contributed by atoms with Crippen LogP contribution in [0.2, 0.25) is 0 Å². The Labute approximate surface area is 160 Å². The summed E-state index contributed by atoms with van der Waals surface area (Å²) in [5.41, 5.74) is 0.516. The van der Waals surface area contributed by atoms with Gasteiger partial charge in [0.05, 0.1) is 16.7 Å². The number of rotatable bonds is 6. The summed E-state index contributed by atoms with van der Waals surface area (Å²) in [6.07, 6.45) is 0. The summed E-state index contributed by atoms with van der Waals surface area (Å²) in [5.74, 6) is -1.97. The van der Waals surface area contributed by atoms with Gasteiger partial charge in [-0.1, -0.05) is 12.1 Å². The van der Waals surface area contributed by atoms with Gasteiger partial charge in [0.2, 0.25) is 5.91 Å². The van der Waals surface area contributed by atoms with Gasteiger partial charge in [-0.3, -0.25) is 14.2 Å². The van der Waals surface area contributed by atoms with E-state index in [1.807, 2.05) is 18.7 Å². The Morgan fingerprint density at radius 3 is 2.54 bits per heavy atom. The van der Waals surface area contributed by atoms with Crippen molar-refractivity contribution >= 4 is 28.4 Å². The Morgan fingerprint density at radius 1 is 1.14 bits per heavy atom. The second kappa shape index (κ2) is 8.16. The predicted octanol–water partition coefficient (Wildman–Crippen LogP) is 3.16. The third kappa shape index (κ3) is 3.85. The van der Waals surface area contributed by atoms with E-state index < -0.39 is 23.1 Å². The summed E-state index contributed by atoms with van der Waals surface area (Å²) in [6, 6.07) is 9.86. The molecular weight excluding hydrogens is 366 g/mol. The van der Waals surface area contributed by atoms with Crippen molar-refractivity contribution in [2.75, 3.05) is 23.3 Å². The highest BCUT2D eigenvalue weighted by atomic mass is 19.1. The van der Waals surface area contributed by atoms with E-state index >= 15 is 0 Å². The number of hydrogen-bond acceptors (Lipinski definition) is 4. The number of carbonyl (C=O) groups is 1. The second-order valence-corrected chi connectivity index (χ2v) is 6.16. The lowest BCUT2D eigenvalue weighted by molar-refractivity contribution is -0.116. The van der Waals surface area contributed by atoms with E-state index in [2.05, 4.69) is 10.3 Å². The standard InChI is InChI=1S/C20H20F2N4O2/c1-3-25(4-2)19-20(28)26(17-8-6-5-7-16(17)24-19)12-18(27)23-15-10-9-13(21)11-14(15)22/h5-11H,3-4,12H2,1-2H3,(H,23,27). The monoisotopic (exact) mass is 386 g/mol. The number of amides is 1. The van der Waals surface area contributed by atoms with Crippen LogP contribution in [0.4, 0.5) is 20.3 Å². The van der Waals surface area contributed by atoms with Crippen molar-refractivity contribution in [3.8, 4) is 0 Å². The number of fused-ring (bicyclic) bond motifs is 1. The summed E-state index contributed by atoms with van der Waals surface area (Å²) in [4.78, 5) is 31.7. The maximum Gasteiger partial charge on any atom is 0.294 e. The van der Waals surface area contributed by atoms with Gasteiger partial charge in [-0.25, -0.2) is 13.8 Å². The fourth-order valence-corrected chi connectivity index (χ4v) is 2.99. The fraction of sp³-hybridized carbons (Fsp3) is 0.250. The molecule has 0 unspecified atom stereocenters. The molecule has 1 aromatic heterocycles. The molecule has 1 amide bonds. The first kappa shape index (κ1) is 19.5. The van der Waals surface area contributed by atoms with Crippen molar-refractivity contribution in [1.29, 1.82) is 0 Å². The average molecular weight is 386 g/mol. The molecule has 0 atom stereocenters. The highest BCUT2D eigenvalue weighted by Crippen LogP contribution is 2.17. The summed E-state index contributed by atoms with van der Waals surface area (Å²) >= 11 is 0. The lowest BCUT2D eigenvalue weighted by Gasteiger charge is -2.21. The molecule has 2 aromatic carbocycles. The maximum atomic E-state index is 13.8. The number of aromatic nitrogens is 2. The Hall–Kier alpha value is -3.29. The molecule has 0 radical (unpaired) electrons. The van der Waals surface area contributed by atoms with Gasteiger partial charge < -0.3 is 10.2 Å². The molecule has 0 aliphatic carbocycles. The summed E-state index contributed by atoms with van der Waals surface area (Å²) in [6.45, 7) is 4.67. The summed E-state index contributed by atoms with van der Waals surface area (Å²) in [5, 5.41) is 2.38. The van der Waals surface area contributed by atoms with Crippen LogP contribution in [0.3, 0.4) is 0 Å². The van der Waals surface area contributed by atoms with Crippen molar-refractivity contribution in [1.82, 2.24) is 9.55 Å². The summed E-state index contributed by atoms with van der Waals surface area (Å²) in [7, 11) is 0. The van der Waals surface area contributed by atoms with Gasteiger partial charge in [-0.15, -0.1) is 0 Å². The molecule has 146 valence electrons. The van der Waals surface area contributed by atoms with E-state index in [1.54, 1.807) is 24.3 Å². The van der Waals surface area contributed by atoms with E-state index in [0.29, 0.717) is 30.2 Å². The largest absolute Gasteiger partial charge is 0.353 e. The first-order valence-electron chi connectivity index (χ1n) is 8.94. The van der Waals surface area contributed by atoms with Crippen LogP contribution in [0.1, 0.15) is 13.8 Å². The van der Waals surface area contributed by atoms with Crippen LogP contribution in [0.15, 0.2) is 47.3 Å². The Balaban J connectivity index is 2.00. The van der Waals surface area contributed by atoms with Crippen molar-refractivity contribution in [2.45, 2.75) is 20.4 Å². The third-order valence-electron chi connectivity index (χ3n) is 4.41. The SMILES string of the molecule is CCN(CC)c1nc2ccccc2n(CC(=O)Nc2ccc(F)cc2F)c1=O. The first-order chi connectivity index (χ1) is 13.4. The molecular formula is C20H20F2N4O2. The molecule has 3 rings (SSSR count). The quantitative estimate of drug-likeness (QED) is 0.707. The van der Waals surface area contributed by atoms with Crippen LogP contribution in [0.25, 0.3) is 11.0 Å². The van der Waals surface area contributed by atoms with Crippen LogP contribution < -0.4 is 15.8 Å². The smallest absolute Gasteiger partial charge is 0.294 e. The maximum absolute atomic E-state index is 13.8. The van der Waals surface area contributed by atoms with Crippen LogP contribution >= 0.6 is 0 Å². The summed E-state index contributed by atoms with van der Waals surface area (Å²) < 4.78 is 28.2. The minimum absolute atomic E-state index is 0.151. The molecule has 0 fully saturated rings. The number of hydrogen-bond donors (Lipinski definition) is 1. The third-order valence-corrected chi connectivity index (χ3v) is 4.41. The molecule has 0 bridgehead atoms. The Morgan fingerprint density at radius 2 is 1.86 bits per heavy atom. The zero-order valence-electron chi connectivity index (χ0n) is 15.6. The van der Waals surface area contributed by atoms with Crippen LogP contribution in [0.5, 0.6) is 0 Å². The van der Waals surface area contributed by atoms with Crippen molar-refractivity contribution in [2.24, 2.45) is 0 Å². The van der Waals surface area contributed by atoms with Crippen molar-refractivity contribution < 1.29 is 13.6 Å². The number of halogens is 2. The Bertz CT molecular complexity index is 1080. The van der Waals surface area contributed by atoms with Gasteiger partial charge in [-0.05, 0) is 38.1 Å². The fourth-order valence-electron chi connectivity index (χ4n) is 2.99. The van der Waals surface area contributed by atoms with Gasteiger partial charge in [0.15, 0.2) is 5.82 Å². The van der Waals surface area contributed by atoms with Crippen LogP contribution in [-0.2, 0) is 11.3 Å². The number of nitrogens with one attached hydrogen (secondary N) is 1. The van der Waals surface area contributed by atoms with Gasteiger partial charge >= 0.3 is 0 Å². The molecule has 1 N–H and O–H groups in total. The van der Waals surface area contributed by atoms with E-state index in [9.17, 15) is 18.4 Å². The van der Waals surface area contributed by atoms with Gasteiger partial charge in [0, 0.05) is 19.2 Å². The number of nitrogens with zero attached hydrogens (tertiary/aromatic N) is 3. The Kier molecular flexibility index (Phi) is 5.67. The highest BCUT2D eigenvalue weighted by Gasteiger charge is 2.17. The predicted molar refractivity (Wildman–Crippen MR) is 105 cm³/mol. The van der Waals surface area contributed by atoms with Crippen molar-refractivity contribution in [3.05, 3.63) is 64.5 Å². The minimum Gasteiger partial charge on any atom is -0.353 e. The second-order valence-electron chi connectivity index (χ2n) is 6.16. The van der Waals surface area contributed by atoms with E-state index in [0.717, 1.165) is 12.1 Å². The molecule has 0 aliphatic rings. The van der Waals surface area contributed by atoms with Crippen LogP contribution in [-0.4, -0.2) is 28.5 Å². The number of carbonyl (C=O) groups excluding carboxylic acids is 1. The molecule has 8 heteroatoms. The number of anilines is 2. The molecule has 3 aromatic rings. The molecule has 0 aliphatic heterocycles. The molecule has 0 saturated carbocycles. The topological polar surface area (TPSA) is 67.2 Å². The highest BCUT2D eigenvalue weighted by molar-refractivity contribution is 5.91. The zero-order chi connectivity index (χ0) is 20.3. The van der Waals surface area contributed by atoms with Gasteiger partial charge in [0.1, 0.15) is 18.2 Å². The lowest BCUT2D eigenvalue weighted by Crippen LogP contribution is -2.35. The first-order valence-corrected chi connectivity index (χ1v) is 8.94. The average Bonchev–Trinajstić information content (AvgIpc) is 2.68. The van der Waals surface area contributed by atoms with Crippen molar-refractivity contribution in [3.63, 3.8) is 0 Å². The molecule has 0 saturated heterocycles. The van der Waals surface area contributed by atoms with Gasteiger partial charge in [0.25, 0.3) is 5.56 Å². The van der Waals surface area contributed by atoms with E-state index in [-0.39, 0.29) is 18.1 Å². The van der Waals surface area contributed by atoms with E-state index in [1.165, 1.54) is 4.57 Å². The lowest BCUT2D eigenvalue weighted by atomic mass is 10.2. The molecule has 6 nitrogen and oxygen atoms in total. The molecule has 0 spiro atoms. The molecule has 1 heterocycles. The number of benzene rings is 2. The normalized spacial score (nSPS) is 10.9. The van der Waals surface area contributed by atoms with Gasteiger partial charge in [-0.2, -0.15) is 0 Å². The van der Waals surface area contributed by atoms with E-state index in [4.69, 9.17) is 0 Å².